The van der Waals surface area contributed by atoms with Gasteiger partial charge in [0.25, 0.3) is 0 Å². The molecule has 0 aliphatic heterocycles. The smallest absolute Gasteiger partial charge is 0.233 e. The number of carbonyl (C=O) groups excluding carboxylic acids is 1. The van der Waals surface area contributed by atoms with Gasteiger partial charge in [0, 0.05) is 16.6 Å². The molecule has 0 saturated carbocycles. The molecule has 2 rings (SSSR count). The van der Waals surface area contributed by atoms with Gasteiger partial charge >= 0.3 is 0 Å². The zero-order valence-electron chi connectivity index (χ0n) is 14.1. The molecule has 0 unspecified atom stereocenters. The van der Waals surface area contributed by atoms with Crippen molar-refractivity contribution in [2.45, 2.75) is 12.8 Å². The van der Waals surface area contributed by atoms with Crippen molar-refractivity contribution in [3.63, 3.8) is 0 Å². The molecule has 0 heterocycles. The van der Waals surface area contributed by atoms with Gasteiger partial charge in [-0.3, -0.25) is 4.79 Å². The van der Waals surface area contributed by atoms with Crippen molar-refractivity contribution in [3.05, 3.63) is 63.6 Å². The van der Waals surface area contributed by atoms with Crippen LogP contribution in [0.5, 0.6) is 5.75 Å². The molecule has 6 heteroatoms. The number of hydrogen-bond acceptors (Lipinski definition) is 3. The van der Waals surface area contributed by atoms with E-state index in [1.165, 1.54) is 5.56 Å². The summed E-state index contributed by atoms with van der Waals surface area (Å²) in [6.07, 6.45) is 1.51. The van der Waals surface area contributed by atoms with Crippen LogP contribution in [0.15, 0.2) is 42.5 Å². The van der Waals surface area contributed by atoms with Gasteiger partial charge in [-0.05, 0) is 54.8 Å². The Labute approximate surface area is 158 Å². The van der Waals surface area contributed by atoms with Crippen LogP contribution in [-0.4, -0.2) is 32.7 Å². The topological polar surface area (TPSA) is 50.4 Å². The predicted octanol–water partition coefficient (Wildman–Crippen LogP) is 3.49. The van der Waals surface area contributed by atoms with Gasteiger partial charge in [0.15, 0.2) is 0 Å². The molecule has 0 atom stereocenters. The molecule has 25 heavy (non-hydrogen) atoms. The van der Waals surface area contributed by atoms with E-state index in [4.69, 9.17) is 27.9 Å². The number of nitrogens with one attached hydrogen (secondary N) is 2. The van der Waals surface area contributed by atoms with Crippen LogP contribution in [-0.2, 0) is 17.6 Å². The van der Waals surface area contributed by atoms with Gasteiger partial charge in [-0.1, -0.05) is 41.4 Å². The number of halogens is 2. The molecular weight excluding hydrogens is 359 g/mol. The van der Waals surface area contributed by atoms with E-state index < -0.39 is 0 Å². The summed E-state index contributed by atoms with van der Waals surface area (Å²) in [5.74, 6) is 0.812. The fraction of sp³-hybridized carbons (Fsp3) is 0.316. The SMILES string of the molecule is COc1cccc(CCNCC(=O)NCCc2ccc(Cl)cc2Cl)c1. The van der Waals surface area contributed by atoms with Crippen molar-refractivity contribution in [3.8, 4) is 5.75 Å². The Kier molecular flexibility index (Phi) is 8.06. The van der Waals surface area contributed by atoms with Crippen LogP contribution >= 0.6 is 23.2 Å². The molecule has 0 bridgehead atoms. The second-order valence-corrected chi connectivity index (χ2v) is 6.46. The van der Waals surface area contributed by atoms with Gasteiger partial charge in [-0.2, -0.15) is 0 Å². The summed E-state index contributed by atoms with van der Waals surface area (Å²) in [5.41, 5.74) is 2.14. The molecular formula is C19H22Cl2N2O2. The predicted molar refractivity (Wildman–Crippen MR) is 103 cm³/mol. The second-order valence-electron chi connectivity index (χ2n) is 5.61. The Morgan fingerprint density at radius 3 is 2.68 bits per heavy atom. The highest BCUT2D eigenvalue weighted by Crippen LogP contribution is 2.21. The third-order valence-corrected chi connectivity index (χ3v) is 4.33. The maximum Gasteiger partial charge on any atom is 0.233 e. The van der Waals surface area contributed by atoms with E-state index >= 15 is 0 Å². The van der Waals surface area contributed by atoms with E-state index in [2.05, 4.69) is 10.6 Å². The monoisotopic (exact) mass is 380 g/mol. The first-order valence-electron chi connectivity index (χ1n) is 8.13. The van der Waals surface area contributed by atoms with Crippen LogP contribution in [0.25, 0.3) is 0 Å². The lowest BCUT2D eigenvalue weighted by atomic mass is 10.1. The van der Waals surface area contributed by atoms with Crippen molar-refractivity contribution in [1.82, 2.24) is 10.6 Å². The highest BCUT2D eigenvalue weighted by Gasteiger charge is 2.04. The Bertz CT molecular complexity index is 708. The first-order chi connectivity index (χ1) is 12.1. The minimum atomic E-state index is -0.0317. The summed E-state index contributed by atoms with van der Waals surface area (Å²) in [6, 6.07) is 13.3. The van der Waals surface area contributed by atoms with E-state index in [1.54, 1.807) is 19.2 Å². The molecule has 4 nitrogen and oxygen atoms in total. The van der Waals surface area contributed by atoms with Crippen LogP contribution in [0.1, 0.15) is 11.1 Å². The summed E-state index contributed by atoms with van der Waals surface area (Å²) in [6.45, 7) is 1.56. The van der Waals surface area contributed by atoms with Crippen LogP contribution in [0.4, 0.5) is 0 Å². The molecule has 0 saturated heterocycles. The average Bonchev–Trinajstić information content (AvgIpc) is 2.61. The van der Waals surface area contributed by atoms with Crippen LogP contribution in [0, 0.1) is 0 Å². The van der Waals surface area contributed by atoms with Crippen molar-refractivity contribution < 1.29 is 9.53 Å². The normalized spacial score (nSPS) is 10.5. The molecule has 0 spiro atoms. The number of rotatable bonds is 9. The fourth-order valence-corrected chi connectivity index (χ4v) is 2.89. The second kappa shape index (κ2) is 10.3. The molecule has 0 aliphatic carbocycles. The van der Waals surface area contributed by atoms with Gasteiger partial charge < -0.3 is 15.4 Å². The Morgan fingerprint density at radius 1 is 1.08 bits per heavy atom. The molecule has 0 aliphatic rings. The maximum atomic E-state index is 11.8. The van der Waals surface area contributed by atoms with Crippen molar-refractivity contribution in [2.24, 2.45) is 0 Å². The van der Waals surface area contributed by atoms with Crippen LogP contribution in [0.2, 0.25) is 10.0 Å². The van der Waals surface area contributed by atoms with E-state index in [1.807, 2.05) is 30.3 Å². The number of methoxy groups -OCH3 is 1. The largest absolute Gasteiger partial charge is 0.497 e. The maximum absolute atomic E-state index is 11.8. The van der Waals surface area contributed by atoms with E-state index in [0.29, 0.717) is 23.0 Å². The minimum Gasteiger partial charge on any atom is -0.497 e. The third kappa shape index (κ3) is 6.94. The molecule has 1 amide bonds. The third-order valence-electron chi connectivity index (χ3n) is 3.74. The van der Waals surface area contributed by atoms with Gasteiger partial charge in [0.05, 0.1) is 13.7 Å². The summed E-state index contributed by atoms with van der Waals surface area (Å²) >= 11 is 12.0. The van der Waals surface area contributed by atoms with Gasteiger partial charge in [0.1, 0.15) is 5.75 Å². The van der Waals surface area contributed by atoms with E-state index in [-0.39, 0.29) is 12.5 Å². The molecule has 2 aromatic rings. The molecule has 134 valence electrons. The fourth-order valence-electron chi connectivity index (χ4n) is 2.39. The van der Waals surface area contributed by atoms with Crippen LogP contribution in [0.3, 0.4) is 0 Å². The van der Waals surface area contributed by atoms with Gasteiger partial charge in [0.2, 0.25) is 5.91 Å². The standard InChI is InChI=1S/C19H22Cl2N2O2/c1-25-17-4-2-3-14(11-17)7-9-22-13-19(24)23-10-8-15-5-6-16(20)12-18(15)21/h2-6,11-12,22H,7-10,13H2,1H3,(H,23,24). The highest BCUT2D eigenvalue weighted by molar-refractivity contribution is 6.35. The number of carbonyl (C=O) groups is 1. The van der Waals surface area contributed by atoms with Crippen molar-refractivity contribution in [1.29, 1.82) is 0 Å². The lowest BCUT2D eigenvalue weighted by Crippen LogP contribution is -2.35. The quantitative estimate of drug-likeness (QED) is 0.654. The Morgan fingerprint density at radius 2 is 1.92 bits per heavy atom. The van der Waals surface area contributed by atoms with E-state index in [0.717, 1.165) is 24.3 Å². The van der Waals surface area contributed by atoms with Gasteiger partial charge in [-0.25, -0.2) is 0 Å². The molecule has 0 fully saturated rings. The minimum absolute atomic E-state index is 0.0317. The first-order valence-corrected chi connectivity index (χ1v) is 8.88. The number of hydrogen-bond donors (Lipinski definition) is 2. The summed E-state index contributed by atoms with van der Waals surface area (Å²) in [4.78, 5) is 11.8. The zero-order chi connectivity index (χ0) is 18.1. The lowest BCUT2D eigenvalue weighted by molar-refractivity contribution is -0.120. The molecule has 0 aromatic heterocycles. The molecule has 2 aromatic carbocycles. The summed E-state index contributed by atoms with van der Waals surface area (Å²) < 4.78 is 5.19. The zero-order valence-corrected chi connectivity index (χ0v) is 15.7. The van der Waals surface area contributed by atoms with Crippen molar-refractivity contribution >= 4 is 29.1 Å². The molecule has 0 radical (unpaired) electrons. The van der Waals surface area contributed by atoms with E-state index in [9.17, 15) is 4.79 Å². The first kappa shape index (κ1) is 19.6. The Hall–Kier alpha value is -1.75. The van der Waals surface area contributed by atoms with Gasteiger partial charge in [-0.15, -0.1) is 0 Å². The summed E-state index contributed by atoms with van der Waals surface area (Å²) in [7, 11) is 1.65. The van der Waals surface area contributed by atoms with Crippen LogP contribution < -0.4 is 15.4 Å². The number of ether oxygens (including phenoxy) is 1. The average molecular weight is 381 g/mol. The lowest BCUT2D eigenvalue weighted by Gasteiger charge is -2.08. The number of benzene rings is 2. The Balaban J connectivity index is 1.62. The highest BCUT2D eigenvalue weighted by atomic mass is 35.5. The summed E-state index contributed by atoms with van der Waals surface area (Å²) in [5, 5.41) is 7.25. The van der Waals surface area contributed by atoms with Crippen molar-refractivity contribution in [2.75, 3.05) is 26.7 Å². The number of amides is 1. The molecule has 2 N–H and O–H groups in total.